The minimum atomic E-state index is 0.223. The summed E-state index contributed by atoms with van der Waals surface area (Å²) in [4.78, 5) is 16.0. The van der Waals surface area contributed by atoms with Crippen molar-refractivity contribution >= 4 is 5.91 Å². The first-order valence-corrected chi connectivity index (χ1v) is 8.83. The van der Waals surface area contributed by atoms with E-state index in [4.69, 9.17) is 14.7 Å². The SMILES string of the molecule is COCCOc1ccc(C2CN(C(=O)C[C@@H]3CCN(C#N)C3)C2)cc1. The van der Waals surface area contributed by atoms with Crippen LogP contribution in [-0.2, 0) is 9.53 Å². The Hall–Kier alpha value is -2.26. The molecule has 2 heterocycles. The first-order valence-electron chi connectivity index (χ1n) is 8.83. The number of ether oxygens (including phenoxy) is 2. The molecule has 0 N–H and O–H groups in total. The van der Waals surface area contributed by atoms with Crippen molar-refractivity contribution in [1.82, 2.24) is 9.80 Å². The maximum Gasteiger partial charge on any atom is 0.222 e. The number of carbonyl (C=O) groups is 1. The molecule has 6 heteroatoms. The van der Waals surface area contributed by atoms with Crippen LogP contribution in [0.3, 0.4) is 0 Å². The lowest BCUT2D eigenvalue weighted by molar-refractivity contribution is -0.136. The highest BCUT2D eigenvalue weighted by Gasteiger charge is 2.33. The Bertz CT molecular complexity index is 620. The molecule has 6 nitrogen and oxygen atoms in total. The zero-order valence-electron chi connectivity index (χ0n) is 14.7. The molecule has 2 aliphatic heterocycles. The second-order valence-electron chi connectivity index (χ2n) is 6.81. The summed E-state index contributed by atoms with van der Waals surface area (Å²) in [5.41, 5.74) is 1.25. The molecule has 1 aromatic carbocycles. The number of likely N-dealkylation sites (tertiary alicyclic amines) is 2. The average Bonchev–Trinajstić information content (AvgIpc) is 3.03. The zero-order valence-corrected chi connectivity index (χ0v) is 14.7. The van der Waals surface area contributed by atoms with E-state index in [0.29, 0.717) is 31.5 Å². The average molecular weight is 343 g/mol. The van der Waals surface area contributed by atoms with E-state index in [1.54, 1.807) is 12.0 Å². The molecule has 0 aliphatic carbocycles. The molecule has 0 radical (unpaired) electrons. The topological polar surface area (TPSA) is 65.8 Å². The zero-order chi connectivity index (χ0) is 17.6. The van der Waals surface area contributed by atoms with Gasteiger partial charge in [0.25, 0.3) is 0 Å². The molecule has 0 aromatic heterocycles. The van der Waals surface area contributed by atoms with Gasteiger partial charge in [-0.25, -0.2) is 0 Å². The predicted octanol–water partition coefficient (Wildman–Crippen LogP) is 1.83. The van der Waals surface area contributed by atoms with Crippen LogP contribution in [0.15, 0.2) is 24.3 Å². The first kappa shape index (κ1) is 17.6. The van der Waals surface area contributed by atoms with E-state index < -0.39 is 0 Å². The van der Waals surface area contributed by atoms with Crippen LogP contribution in [0.5, 0.6) is 5.75 Å². The van der Waals surface area contributed by atoms with Crippen molar-refractivity contribution in [2.24, 2.45) is 5.92 Å². The third-order valence-corrected chi connectivity index (χ3v) is 5.03. The van der Waals surface area contributed by atoms with E-state index in [1.165, 1.54) is 5.56 Å². The lowest BCUT2D eigenvalue weighted by Gasteiger charge is -2.40. The molecule has 25 heavy (non-hydrogen) atoms. The predicted molar refractivity (Wildman–Crippen MR) is 93.0 cm³/mol. The van der Waals surface area contributed by atoms with Gasteiger partial charge in [0, 0.05) is 45.6 Å². The van der Waals surface area contributed by atoms with Gasteiger partial charge >= 0.3 is 0 Å². The molecule has 2 fully saturated rings. The van der Waals surface area contributed by atoms with Crippen molar-refractivity contribution < 1.29 is 14.3 Å². The van der Waals surface area contributed by atoms with Crippen molar-refractivity contribution in [1.29, 1.82) is 5.26 Å². The Labute approximate surface area is 148 Å². The standard InChI is InChI=1S/C19H25N3O3/c1-24-8-9-25-18-4-2-16(3-5-18)17-12-22(13-17)19(23)10-15-6-7-21(11-15)14-20/h2-5,15,17H,6-13H2,1H3/t15-/m0/s1. The lowest BCUT2D eigenvalue weighted by Crippen LogP contribution is -2.48. The monoisotopic (exact) mass is 343 g/mol. The number of carbonyl (C=O) groups excluding carboxylic acids is 1. The number of amides is 1. The summed E-state index contributed by atoms with van der Waals surface area (Å²) >= 11 is 0. The minimum absolute atomic E-state index is 0.223. The van der Waals surface area contributed by atoms with Crippen LogP contribution in [0.4, 0.5) is 0 Å². The van der Waals surface area contributed by atoms with Gasteiger partial charge in [0.05, 0.1) is 6.61 Å². The Balaban J connectivity index is 1.41. The van der Waals surface area contributed by atoms with Gasteiger partial charge < -0.3 is 19.3 Å². The first-order chi connectivity index (χ1) is 12.2. The van der Waals surface area contributed by atoms with Crippen molar-refractivity contribution in [3.8, 4) is 11.9 Å². The molecule has 1 aromatic rings. The molecule has 1 amide bonds. The highest BCUT2D eigenvalue weighted by molar-refractivity contribution is 5.77. The Morgan fingerprint density at radius 3 is 2.64 bits per heavy atom. The van der Waals surface area contributed by atoms with E-state index in [0.717, 1.165) is 38.3 Å². The van der Waals surface area contributed by atoms with E-state index in [1.807, 2.05) is 17.0 Å². The molecule has 134 valence electrons. The third kappa shape index (κ3) is 4.43. The molecule has 0 spiro atoms. The van der Waals surface area contributed by atoms with Gasteiger partial charge in [-0.15, -0.1) is 0 Å². The normalized spacial score (nSPS) is 20.2. The fraction of sp³-hybridized carbons (Fsp3) is 0.579. The van der Waals surface area contributed by atoms with E-state index in [2.05, 4.69) is 18.3 Å². The van der Waals surface area contributed by atoms with Crippen LogP contribution >= 0.6 is 0 Å². The summed E-state index contributed by atoms with van der Waals surface area (Å²) in [6.07, 6.45) is 3.68. The van der Waals surface area contributed by atoms with Crippen LogP contribution < -0.4 is 4.74 Å². The summed E-state index contributed by atoms with van der Waals surface area (Å²) in [6.45, 7) is 4.22. The molecule has 0 bridgehead atoms. The highest BCUT2D eigenvalue weighted by atomic mass is 16.5. The molecule has 1 atom stereocenters. The van der Waals surface area contributed by atoms with E-state index in [-0.39, 0.29) is 5.91 Å². The summed E-state index contributed by atoms with van der Waals surface area (Å²) in [6, 6.07) is 8.11. The second-order valence-corrected chi connectivity index (χ2v) is 6.81. The van der Waals surface area contributed by atoms with Gasteiger partial charge in [-0.3, -0.25) is 4.79 Å². The van der Waals surface area contributed by atoms with E-state index >= 15 is 0 Å². The number of nitrogens with zero attached hydrogens (tertiary/aromatic N) is 3. The Kier molecular flexibility index (Phi) is 5.77. The molecule has 2 aliphatic rings. The summed E-state index contributed by atoms with van der Waals surface area (Å²) in [5.74, 6) is 1.81. The summed E-state index contributed by atoms with van der Waals surface area (Å²) in [7, 11) is 1.66. The molecule has 2 saturated heterocycles. The molecule has 0 unspecified atom stereocenters. The van der Waals surface area contributed by atoms with Crippen LogP contribution in [0.1, 0.15) is 24.3 Å². The number of methoxy groups -OCH3 is 1. The molecule has 3 rings (SSSR count). The van der Waals surface area contributed by atoms with Gasteiger partial charge in [0.1, 0.15) is 12.4 Å². The molecular formula is C19H25N3O3. The maximum atomic E-state index is 12.3. The molecule has 0 saturated carbocycles. The number of rotatable bonds is 7. The van der Waals surface area contributed by atoms with Gasteiger partial charge in [-0.05, 0) is 30.0 Å². The van der Waals surface area contributed by atoms with Gasteiger partial charge in [-0.1, -0.05) is 12.1 Å². The number of nitriles is 1. The number of hydrogen-bond donors (Lipinski definition) is 0. The Morgan fingerprint density at radius 2 is 2.00 bits per heavy atom. The van der Waals surface area contributed by atoms with Gasteiger partial charge in [0.15, 0.2) is 6.19 Å². The highest BCUT2D eigenvalue weighted by Crippen LogP contribution is 2.30. The maximum absolute atomic E-state index is 12.3. The fourth-order valence-electron chi connectivity index (χ4n) is 3.44. The fourth-order valence-corrected chi connectivity index (χ4v) is 3.44. The van der Waals surface area contributed by atoms with Crippen LogP contribution in [0.2, 0.25) is 0 Å². The number of hydrogen-bond acceptors (Lipinski definition) is 5. The van der Waals surface area contributed by atoms with Crippen molar-refractivity contribution in [3.63, 3.8) is 0 Å². The number of benzene rings is 1. The van der Waals surface area contributed by atoms with Gasteiger partial charge in [0.2, 0.25) is 5.91 Å². The largest absolute Gasteiger partial charge is 0.491 e. The van der Waals surface area contributed by atoms with Crippen LogP contribution in [0, 0.1) is 17.4 Å². The van der Waals surface area contributed by atoms with Crippen molar-refractivity contribution in [3.05, 3.63) is 29.8 Å². The Morgan fingerprint density at radius 1 is 1.24 bits per heavy atom. The smallest absolute Gasteiger partial charge is 0.222 e. The van der Waals surface area contributed by atoms with Crippen LogP contribution in [0.25, 0.3) is 0 Å². The van der Waals surface area contributed by atoms with Crippen molar-refractivity contribution in [2.45, 2.75) is 18.8 Å². The van der Waals surface area contributed by atoms with Crippen LogP contribution in [-0.4, -0.2) is 62.2 Å². The minimum Gasteiger partial charge on any atom is -0.491 e. The summed E-state index contributed by atoms with van der Waals surface area (Å²) < 4.78 is 10.5. The van der Waals surface area contributed by atoms with E-state index in [9.17, 15) is 4.79 Å². The lowest BCUT2D eigenvalue weighted by atomic mass is 9.90. The second kappa shape index (κ2) is 8.21. The summed E-state index contributed by atoms with van der Waals surface area (Å²) in [5, 5.41) is 8.89. The quantitative estimate of drug-likeness (QED) is 0.558. The third-order valence-electron chi connectivity index (χ3n) is 5.03. The van der Waals surface area contributed by atoms with Crippen molar-refractivity contribution in [2.75, 3.05) is 46.5 Å². The van der Waals surface area contributed by atoms with Gasteiger partial charge in [-0.2, -0.15) is 5.26 Å². The molecular weight excluding hydrogens is 318 g/mol.